The Morgan fingerprint density at radius 2 is 1.62 bits per heavy atom. The van der Waals surface area contributed by atoms with Crippen molar-refractivity contribution >= 4 is 50.6 Å². The number of halogens is 1. The van der Waals surface area contributed by atoms with E-state index in [-0.39, 0.29) is 22.6 Å². The van der Waals surface area contributed by atoms with E-state index in [1.165, 1.54) is 48.5 Å². The molecule has 0 atom stereocenters. The maximum Gasteiger partial charge on any atom is 0.278 e. The molecule has 0 bridgehead atoms. The Morgan fingerprint density at radius 3 is 2.28 bits per heavy atom. The second kappa shape index (κ2) is 9.41. The number of hydrogen-bond donors (Lipinski definition) is 2. The van der Waals surface area contributed by atoms with Crippen LogP contribution in [0.4, 0.5) is 22.7 Å². The number of hydrazone groups is 1. The van der Waals surface area contributed by atoms with Gasteiger partial charge in [-0.2, -0.15) is 5.10 Å². The summed E-state index contributed by atoms with van der Waals surface area (Å²) in [5.41, 5.74) is 2.12. The van der Waals surface area contributed by atoms with Crippen molar-refractivity contribution < 1.29 is 18.3 Å². The number of nitrogens with zero attached hydrogens (tertiary/aromatic N) is 3. The molecule has 0 fully saturated rings. The smallest absolute Gasteiger partial charge is 0.278 e. The van der Waals surface area contributed by atoms with E-state index in [2.05, 4.69) is 15.2 Å². The van der Waals surface area contributed by atoms with Crippen molar-refractivity contribution in [2.75, 3.05) is 10.1 Å². The summed E-state index contributed by atoms with van der Waals surface area (Å²) in [6, 6.07) is 14.8. The van der Waals surface area contributed by atoms with E-state index in [9.17, 15) is 28.6 Å². The number of nitro groups is 2. The van der Waals surface area contributed by atoms with Gasteiger partial charge in [0.05, 0.1) is 27.3 Å². The third-order valence-electron chi connectivity index (χ3n) is 4.08. The first-order valence-electron chi connectivity index (χ1n) is 8.77. The lowest BCUT2D eigenvalue weighted by Gasteiger charge is -2.12. The van der Waals surface area contributed by atoms with Crippen molar-refractivity contribution in [1.82, 2.24) is 0 Å². The minimum atomic E-state index is -4.27. The Hall–Kier alpha value is -4.03. The molecule has 0 amide bonds. The molecule has 0 unspecified atom stereocenters. The molecule has 0 aliphatic rings. The maximum atomic E-state index is 12.9. The van der Waals surface area contributed by atoms with E-state index in [0.717, 1.165) is 18.3 Å². The van der Waals surface area contributed by atoms with E-state index >= 15 is 0 Å². The highest BCUT2D eigenvalue weighted by Crippen LogP contribution is 2.29. The van der Waals surface area contributed by atoms with Crippen molar-refractivity contribution in [3.05, 3.63) is 97.5 Å². The van der Waals surface area contributed by atoms with Gasteiger partial charge in [0, 0.05) is 28.9 Å². The molecule has 164 valence electrons. The number of hydrogen-bond acceptors (Lipinski definition) is 8. The molecule has 11 nitrogen and oxygen atoms in total. The zero-order chi connectivity index (χ0) is 23.3. The summed E-state index contributed by atoms with van der Waals surface area (Å²) in [6.07, 6.45) is 1.14. The topological polar surface area (TPSA) is 157 Å². The van der Waals surface area contributed by atoms with Crippen LogP contribution in [0.2, 0.25) is 5.02 Å². The van der Waals surface area contributed by atoms with Crippen molar-refractivity contribution in [2.24, 2.45) is 5.10 Å². The van der Waals surface area contributed by atoms with Gasteiger partial charge in [-0.15, -0.1) is 0 Å². The number of benzene rings is 3. The van der Waals surface area contributed by atoms with Gasteiger partial charge in [-0.05, 0) is 36.4 Å². The first-order chi connectivity index (χ1) is 15.2. The van der Waals surface area contributed by atoms with Gasteiger partial charge >= 0.3 is 0 Å². The lowest BCUT2D eigenvalue weighted by molar-refractivity contribution is -0.385. The summed E-state index contributed by atoms with van der Waals surface area (Å²) in [5.74, 6) is 0. The van der Waals surface area contributed by atoms with E-state index in [1.54, 1.807) is 6.07 Å². The molecular weight excluding hydrogens is 462 g/mol. The van der Waals surface area contributed by atoms with Crippen molar-refractivity contribution in [1.29, 1.82) is 0 Å². The van der Waals surface area contributed by atoms with Gasteiger partial charge in [-0.25, -0.2) is 8.42 Å². The van der Waals surface area contributed by atoms with E-state index < -0.39 is 30.5 Å². The van der Waals surface area contributed by atoms with Gasteiger partial charge < -0.3 is 0 Å². The molecule has 3 rings (SSSR count). The highest BCUT2D eigenvalue weighted by Gasteiger charge is 2.23. The monoisotopic (exact) mass is 475 g/mol. The van der Waals surface area contributed by atoms with Crippen LogP contribution in [0.25, 0.3) is 0 Å². The maximum absolute atomic E-state index is 12.9. The van der Waals surface area contributed by atoms with Gasteiger partial charge in [-0.1, -0.05) is 23.7 Å². The number of para-hydroxylation sites is 1. The average molecular weight is 476 g/mol. The average Bonchev–Trinajstić information content (AvgIpc) is 2.75. The lowest BCUT2D eigenvalue weighted by atomic mass is 10.2. The largest absolute Gasteiger partial charge is 0.280 e. The van der Waals surface area contributed by atoms with E-state index in [0.29, 0.717) is 5.02 Å². The summed E-state index contributed by atoms with van der Waals surface area (Å²) >= 11 is 5.80. The van der Waals surface area contributed by atoms with Crippen molar-refractivity contribution in [3.63, 3.8) is 0 Å². The Bertz CT molecular complexity index is 1310. The van der Waals surface area contributed by atoms with Crippen LogP contribution < -0.4 is 10.1 Å². The predicted octanol–water partition coefficient (Wildman–Crippen LogP) is 4.40. The van der Waals surface area contributed by atoms with Crippen molar-refractivity contribution in [2.45, 2.75) is 4.90 Å². The molecule has 32 heavy (non-hydrogen) atoms. The standard InChI is InChI=1S/C19H14ClN5O6S/c20-14-5-7-15(8-6-14)23-32(30,31)19-11-16(24(26)27)9-10-17(19)22-21-12-13-3-1-2-4-18(13)25(28)29/h1-12,22-23H/b21-12-. The molecule has 0 aliphatic heterocycles. The quantitative estimate of drug-likeness (QED) is 0.277. The third-order valence-corrected chi connectivity index (χ3v) is 5.76. The summed E-state index contributed by atoms with van der Waals surface area (Å²) in [4.78, 5) is 20.5. The zero-order valence-corrected chi connectivity index (χ0v) is 17.6. The highest BCUT2D eigenvalue weighted by atomic mass is 35.5. The summed E-state index contributed by atoms with van der Waals surface area (Å²) in [7, 11) is -4.27. The fourth-order valence-electron chi connectivity index (χ4n) is 2.60. The van der Waals surface area contributed by atoms with Crippen LogP contribution in [0, 0.1) is 20.2 Å². The number of nitrogens with one attached hydrogen (secondary N) is 2. The van der Waals surface area contributed by atoms with Crippen LogP contribution >= 0.6 is 11.6 Å². The fraction of sp³-hybridized carbons (Fsp3) is 0. The minimum Gasteiger partial charge on any atom is -0.280 e. The normalized spacial score (nSPS) is 11.3. The Labute approximate surface area is 186 Å². The molecule has 0 heterocycles. The van der Waals surface area contributed by atoms with E-state index in [1.807, 2.05) is 0 Å². The molecular formula is C19H14ClN5O6S. The third kappa shape index (κ3) is 5.36. The second-order valence-electron chi connectivity index (χ2n) is 6.24. The Balaban J connectivity index is 1.95. The number of rotatable bonds is 8. The lowest BCUT2D eigenvalue weighted by Crippen LogP contribution is -2.15. The first kappa shape index (κ1) is 22.7. The summed E-state index contributed by atoms with van der Waals surface area (Å²) in [6.45, 7) is 0. The second-order valence-corrected chi connectivity index (χ2v) is 8.32. The molecule has 0 radical (unpaired) electrons. The van der Waals surface area contributed by atoms with Crippen LogP contribution in [0.5, 0.6) is 0 Å². The number of nitro benzene ring substituents is 2. The molecule has 0 spiro atoms. The fourth-order valence-corrected chi connectivity index (χ4v) is 3.96. The van der Waals surface area contributed by atoms with Crippen LogP contribution in [0.1, 0.15) is 5.56 Å². The molecule has 3 aromatic rings. The van der Waals surface area contributed by atoms with Gasteiger partial charge in [0.25, 0.3) is 21.4 Å². The highest BCUT2D eigenvalue weighted by molar-refractivity contribution is 7.92. The van der Waals surface area contributed by atoms with Crippen LogP contribution in [-0.4, -0.2) is 24.5 Å². The zero-order valence-electron chi connectivity index (χ0n) is 16.0. The van der Waals surface area contributed by atoms with E-state index in [4.69, 9.17) is 11.6 Å². The number of anilines is 2. The summed E-state index contributed by atoms with van der Waals surface area (Å²) in [5, 5.41) is 26.5. The Morgan fingerprint density at radius 1 is 0.938 bits per heavy atom. The first-order valence-corrected chi connectivity index (χ1v) is 10.6. The molecule has 0 saturated heterocycles. The Kier molecular flexibility index (Phi) is 6.66. The molecule has 3 aromatic carbocycles. The molecule has 0 saturated carbocycles. The molecule has 2 N–H and O–H groups in total. The van der Waals surface area contributed by atoms with Gasteiger partial charge in [-0.3, -0.25) is 30.4 Å². The van der Waals surface area contributed by atoms with Crippen LogP contribution in [0.3, 0.4) is 0 Å². The molecule has 13 heteroatoms. The molecule has 0 aromatic heterocycles. The van der Waals surface area contributed by atoms with Crippen LogP contribution in [-0.2, 0) is 10.0 Å². The van der Waals surface area contributed by atoms with Gasteiger partial charge in [0.1, 0.15) is 4.90 Å². The predicted molar refractivity (Wildman–Crippen MR) is 120 cm³/mol. The van der Waals surface area contributed by atoms with Crippen molar-refractivity contribution in [3.8, 4) is 0 Å². The number of sulfonamides is 1. The number of non-ortho nitro benzene ring substituents is 1. The summed E-state index contributed by atoms with van der Waals surface area (Å²) < 4.78 is 28.1. The van der Waals surface area contributed by atoms with Gasteiger partial charge in [0.2, 0.25) is 0 Å². The van der Waals surface area contributed by atoms with Crippen LogP contribution in [0.15, 0.2) is 76.7 Å². The minimum absolute atomic E-state index is 0.0769. The SMILES string of the molecule is O=[N+]([O-])c1ccc(N/N=C\c2ccccc2[N+](=O)[O-])c(S(=O)(=O)Nc2ccc(Cl)cc2)c1. The van der Waals surface area contributed by atoms with Gasteiger partial charge in [0.15, 0.2) is 0 Å². The molecule has 0 aliphatic carbocycles.